The zero-order valence-electron chi connectivity index (χ0n) is 15.3. The monoisotopic (exact) mass is 434 g/mol. The van der Waals surface area contributed by atoms with Gasteiger partial charge in [0.15, 0.2) is 0 Å². The first-order valence-electron chi connectivity index (χ1n) is 8.60. The fraction of sp³-hybridized carbons (Fsp3) is 0.150. The molecule has 9 heteroatoms. The van der Waals surface area contributed by atoms with Gasteiger partial charge in [-0.05, 0) is 35.9 Å². The normalized spacial score (nSPS) is 11.7. The topological polar surface area (TPSA) is 76.0 Å². The molecular weight excluding hydrogens is 418 g/mol. The summed E-state index contributed by atoms with van der Waals surface area (Å²) in [5.41, 5.74) is 0.865. The van der Waals surface area contributed by atoms with Crippen LogP contribution in [0.5, 0.6) is 0 Å². The van der Waals surface area contributed by atoms with Crippen molar-refractivity contribution in [3.05, 3.63) is 87.7 Å². The first-order valence-corrected chi connectivity index (χ1v) is 9.36. The van der Waals surface area contributed by atoms with Crippen LogP contribution >= 0.6 is 23.2 Å². The van der Waals surface area contributed by atoms with Crippen molar-refractivity contribution in [3.8, 4) is 0 Å². The SMILES string of the molecule is Cn1ccnc1[C@@H](NC(=O)CNC(=O)c1ccc(Cl)cc1Cl)c1ccc(F)cc1. The summed E-state index contributed by atoms with van der Waals surface area (Å²) in [7, 11) is 1.79. The molecule has 2 N–H and O–H groups in total. The summed E-state index contributed by atoms with van der Waals surface area (Å²) in [5, 5.41) is 5.92. The highest BCUT2D eigenvalue weighted by atomic mass is 35.5. The predicted molar refractivity (Wildman–Crippen MR) is 108 cm³/mol. The molecule has 0 saturated heterocycles. The minimum absolute atomic E-state index is 0.188. The van der Waals surface area contributed by atoms with Gasteiger partial charge >= 0.3 is 0 Å². The number of hydrogen-bond donors (Lipinski definition) is 2. The van der Waals surface area contributed by atoms with E-state index >= 15 is 0 Å². The Morgan fingerprint density at radius 1 is 1.17 bits per heavy atom. The van der Waals surface area contributed by atoms with Crippen LogP contribution < -0.4 is 10.6 Å². The highest BCUT2D eigenvalue weighted by molar-refractivity contribution is 6.36. The van der Waals surface area contributed by atoms with Gasteiger partial charge in [0, 0.05) is 24.5 Å². The molecular formula is C20H17Cl2FN4O2. The van der Waals surface area contributed by atoms with Crippen molar-refractivity contribution in [1.82, 2.24) is 20.2 Å². The number of aryl methyl sites for hydroxylation is 1. The number of rotatable bonds is 6. The molecule has 0 bridgehead atoms. The maximum atomic E-state index is 13.3. The number of nitrogens with one attached hydrogen (secondary N) is 2. The third kappa shape index (κ3) is 5.13. The Balaban J connectivity index is 1.71. The van der Waals surface area contributed by atoms with Crippen molar-refractivity contribution in [2.24, 2.45) is 7.05 Å². The van der Waals surface area contributed by atoms with Gasteiger partial charge < -0.3 is 15.2 Å². The smallest absolute Gasteiger partial charge is 0.253 e. The summed E-state index contributed by atoms with van der Waals surface area (Å²) in [6, 6.07) is 9.61. The molecule has 150 valence electrons. The summed E-state index contributed by atoms with van der Waals surface area (Å²) in [5.74, 6) is -0.763. The van der Waals surface area contributed by atoms with Gasteiger partial charge in [-0.2, -0.15) is 0 Å². The van der Waals surface area contributed by atoms with E-state index in [-0.39, 0.29) is 22.9 Å². The van der Waals surface area contributed by atoms with E-state index in [1.807, 2.05) is 0 Å². The van der Waals surface area contributed by atoms with Crippen molar-refractivity contribution in [2.45, 2.75) is 6.04 Å². The van der Waals surface area contributed by atoms with Gasteiger partial charge in [-0.25, -0.2) is 9.37 Å². The third-order valence-corrected chi connectivity index (χ3v) is 4.76. The Hall–Kier alpha value is -2.90. The van der Waals surface area contributed by atoms with E-state index in [0.717, 1.165) is 0 Å². The molecule has 3 aromatic rings. The van der Waals surface area contributed by atoms with Gasteiger partial charge in [0.05, 0.1) is 17.1 Å². The minimum Gasteiger partial charge on any atom is -0.343 e. The Morgan fingerprint density at radius 3 is 2.52 bits per heavy atom. The summed E-state index contributed by atoms with van der Waals surface area (Å²) in [4.78, 5) is 29.0. The average Bonchev–Trinajstić information content (AvgIpc) is 3.10. The molecule has 0 aliphatic rings. The fourth-order valence-electron chi connectivity index (χ4n) is 2.75. The van der Waals surface area contributed by atoms with Gasteiger partial charge in [-0.15, -0.1) is 0 Å². The first-order chi connectivity index (χ1) is 13.8. The number of imidazole rings is 1. The molecule has 0 radical (unpaired) electrons. The molecule has 0 aliphatic carbocycles. The van der Waals surface area contributed by atoms with E-state index in [1.54, 1.807) is 36.1 Å². The third-order valence-electron chi connectivity index (χ3n) is 4.21. The van der Waals surface area contributed by atoms with Crippen molar-refractivity contribution in [3.63, 3.8) is 0 Å². The van der Waals surface area contributed by atoms with Crippen molar-refractivity contribution in [2.75, 3.05) is 6.54 Å². The van der Waals surface area contributed by atoms with Crippen LogP contribution in [0.2, 0.25) is 10.0 Å². The summed E-state index contributed by atoms with van der Waals surface area (Å²) in [6.07, 6.45) is 3.34. The fourth-order valence-corrected chi connectivity index (χ4v) is 3.24. The average molecular weight is 435 g/mol. The van der Waals surface area contributed by atoms with E-state index in [9.17, 15) is 14.0 Å². The highest BCUT2D eigenvalue weighted by Crippen LogP contribution is 2.22. The molecule has 0 aliphatic heterocycles. The lowest BCUT2D eigenvalue weighted by molar-refractivity contribution is -0.120. The van der Waals surface area contributed by atoms with Crippen molar-refractivity contribution >= 4 is 35.0 Å². The van der Waals surface area contributed by atoms with Crippen LogP contribution in [0.4, 0.5) is 4.39 Å². The van der Waals surface area contributed by atoms with Crippen LogP contribution in [-0.4, -0.2) is 27.9 Å². The van der Waals surface area contributed by atoms with Crippen LogP contribution in [0.1, 0.15) is 27.8 Å². The number of carbonyl (C=O) groups is 2. The Morgan fingerprint density at radius 2 is 1.90 bits per heavy atom. The molecule has 1 atom stereocenters. The quantitative estimate of drug-likeness (QED) is 0.623. The van der Waals surface area contributed by atoms with Crippen LogP contribution in [-0.2, 0) is 11.8 Å². The lowest BCUT2D eigenvalue weighted by atomic mass is 10.1. The number of aromatic nitrogens is 2. The minimum atomic E-state index is -0.612. The molecule has 0 unspecified atom stereocenters. The second-order valence-corrected chi connectivity index (χ2v) is 7.10. The van der Waals surface area contributed by atoms with Crippen molar-refractivity contribution in [1.29, 1.82) is 0 Å². The number of carbonyl (C=O) groups excluding carboxylic acids is 2. The predicted octanol–water partition coefficient (Wildman–Crippen LogP) is 3.50. The second kappa shape index (κ2) is 9.07. The van der Waals surface area contributed by atoms with E-state index in [1.165, 1.54) is 30.3 Å². The number of hydrogen-bond acceptors (Lipinski definition) is 3. The maximum Gasteiger partial charge on any atom is 0.253 e. The Kier molecular flexibility index (Phi) is 6.51. The molecule has 0 spiro atoms. The van der Waals surface area contributed by atoms with Crippen LogP contribution in [0.3, 0.4) is 0 Å². The largest absolute Gasteiger partial charge is 0.343 e. The standard InChI is InChI=1S/C20H17Cl2FN4O2/c1-27-9-8-24-19(27)18(12-2-5-14(23)6-3-12)26-17(28)11-25-20(29)15-7-4-13(21)10-16(15)22/h2-10,18H,11H2,1H3,(H,25,29)(H,26,28)/t18-/m0/s1. The first kappa shape index (κ1) is 20.8. The van der Waals surface area contributed by atoms with E-state index in [4.69, 9.17) is 23.2 Å². The van der Waals surface area contributed by atoms with Gasteiger partial charge in [-0.1, -0.05) is 35.3 Å². The Bertz CT molecular complexity index is 1040. The molecule has 1 heterocycles. The van der Waals surface area contributed by atoms with E-state index in [0.29, 0.717) is 16.4 Å². The van der Waals surface area contributed by atoms with E-state index < -0.39 is 17.9 Å². The van der Waals surface area contributed by atoms with Gasteiger partial charge in [0.2, 0.25) is 5.91 Å². The molecule has 2 aromatic carbocycles. The number of benzene rings is 2. The van der Waals surface area contributed by atoms with E-state index in [2.05, 4.69) is 15.6 Å². The number of amides is 2. The lowest BCUT2D eigenvalue weighted by Crippen LogP contribution is -2.39. The molecule has 3 rings (SSSR count). The lowest BCUT2D eigenvalue weighted by Gasteiger charge is -2.19. The highest BCUT2D eigenvalue weighted by Gasteiger charge is 2.21. The molecule has 1 aromatic heterocycles. The number of halogens is 3. The summed E-state index contributed by atoms with van der Waals surface area (Å²) in [6.45, 7) is -0.278. The Labute approximate surface area is 176 Å². The summed E-state index contributed by atoms with van der Waals surface area (Å²) >= 11 is 11.8. The maximum absolute atomic E-state index is 13.3. The molecule has 0 fully saturated rings. The van der Waals surface area contributed by atoms with Gasteiger partial charge in [0.1, 0.15) is 17.7 Å². The molecule has 29 heavy (non-hydrogen) atoms. The molecule has 6 nitrogen and oxygen atoms in total. The summed E-state index contributed by atoms with van der Waals surface area (Å²) < 4.78 is 15.0. The van der Waals surface area contributed by atoms with Crippen LogP contribution in [0.15, 0.2) is 54.9 Å². The zero-order valence-corrected chi connectivity index (χ0v) is 16.8. The van der Waals surface area contributed by atoms with Crippen molar-refractivity contribution < 1.29 is 14.0 Å². The van der Waals surface area contributed by atoms with Crippen LogP contribution in [0, 0.1) is 5.82 Å². The number of nitrogens with zero attached hydrogens (tertiary/aromatic N) is 2. The molecule has 0 saturated carbocycles. The zero-order chi connectivity index (χ0) is 21.0. The van der Waals surface area contributed by atoms with Gasteiger partial charge in [-0.3, -0.25) is 9.59 Å². The second-order valence-electron chi connectivity index (χ2n) is 6.26. The van der Waals surface area contributed by atoms with Gasteiger partial charge in [0.25, 0.3) is 5.91 Å². The van der Waals surface area contributed by atoms with Crippen LogP contribution in [0.25, 0.3) is 0 Å². The molecule has 2 amide bonds.